The van der Waals surface area contributed by atoms with Gasteiger partial charge in [0.1, 0.15) is 12.1 Å². The average molecular weight is 401 g/mol. The molecule has 1 saturated carbocycles. The topological polar surface area (TPSA) is 118 Å². The minimum absolute atomic E-state index is 0.0995. The van der Waals surface area contributed by atoms with Gasteiger partial charge in [-0.05, 0) is 31.0 Å². The molecule has 0 unspecified atom stereocenters. The number of rotatable bonds is 6. The van der Waals surface area contributed by atoms with Gasteiger partial charge in [-0.3, -0.25) is 14.4 Å². The van der Waals surface area contributed by atoms with Crippen molar-refractivity contribution in [2.75, 3.05) is 27.0 Å². The van der Waals surface area contributed by atoms with Crippen molar-refractivity contribution in [3.63, 3.8) is 0 Å². The van der Waals surface area contributed by atoms with E-state index in [2.05, 4.69) is 11.4 Å². The van der Waals surface area contributed by atoms with E-state index in [0.717, 1.165) is 19.3 Å². The van der Waals surface area contributed by atoms with Crippen molar-refractivity contribution in [1.29, 1.82) is 5.26 Å². The number of hydrogen-bond donors (Lipinski definition) is 1. The largest absolute Gasteiger partial charge is 0.454 e. The summed E-state index contributed by atoms with van der Waals surface area (Å²) in [7, 11) is 1.56. The molecule has 1 aromatic carbocycles. The van der Waals surface area contributed by atoms with Crippen LogP contribution in [-0.2, 0) is 14.3 Å². The molecule has 9 heteroatoms. The van der Waals surface area contributed by atoms with Gasteiger partial charge in [-0.2, -0.15) is 5.26 Å². The molecule has 2 aliphatic rings. The van der Waals surface area contributed by atoms with E-state index in [1.54, 1.807) is 19.2 Å². The zero-order valence-electron chi connectivity index (χ0n) is 16.2. The van der Waals surface area contributed by atoms with Crippen LogP contribution in [0.5, 0.6) is 11.5 Å². The Morgan fingerprint density at radius 1 is 1.21 bits per heavy atom. The van der Waals surface area contributed by atoms with E-state index < -0.39 is 29.9 Å². The van der Waals surface area contributed by atoms with Crippen LogP contribution in [0.1, 0.15) is 42.5 Å². The Morgan fingerprint density at radius 3 is 2.66 bits per heavy atom. The highest BCUT2D eigenvalue weighted by Crippen LogP contribution is 2.33. The lowest BCUT2D eigenvalue weighted by Crippen LogP contribution is -2.51. The highest BCUT2D eigenvalue weighted by molar-refractivity contribution is 5.96. The number of nitrogens with one attached hydrogen (secondary N) is 1. The van der Waals surface area contributed by atoms with Gasteiger partial charge in [0.25, 0.3) is 11.8 Å². The maximum absolute atomic E-state index is 12.4. The number of benzene rings is 1. The molecule has 154 valence electrons. The molecule has 1 heterocycles. The van der Waals surface area contributed by atoms with Gasteiger partial charge in [0.15, 0.2) is 18.1 Å². The van der Waals surface area contributed by atoms with E-state index in [9.17, 15) is 19.6 Å². The van der Waals surface area contributed by atoms with Crippen LogP contribution in [0.25, 0.3) is 0 Å². The summed E-state index contributed by atoms with van der Waals surface area (Å²) in [6, 6.07) is 6.94. The Bertz CT molecular complexity index is 841. The molecule has 0 aromatic heterocycles. The Morgan fingerprint density at radius 2 is 1.93 bits per heavy atom. The van der Waals surface area contributed by atoms with Gasteiger partial charge in [-0.1, -0.05) is 19.3 Å². The van der Waals surface area contributed by atoms with Gasteiger partial charge in [0.05, 0.1) is 6.07 Å². The zero-order valence-corrected chi connectivity index (χ0v) is 16.2. The molecule has 1 aliphatic carbocycles. The van der Waals surface area contributed by atoms with E-state index in [-0.39, 0.29) is 13.3 Å². The van der Waals surface area contributed by atoms with Crippen molar-refractivity contribution in [1.82, 2.24) is 10.2 Å². The predicted octanol–water partition coefficient (Wildman–Crippen LogP) is 1.37. The van der Waals surface area contributed by atoms with Gasteiger partial charge in [-0.15, -0.1) is 0 Å². The maximum Gasteiger partial charge on any atom is 0.325 e. The van der Waals surface area contributed by atoms with Crippen LogP contribution < -0.4 is 14.8 Å². The molecule has 3 rings (SSSR count). The fraction of sp³-hybridized carbons (Fsp3) is 0.500. The molecule has 0 saturated heterocycles. The third-order valence-corrected chi connectivity index (χ3v) is 5.29. The lowest BCUT2D eigenvalue weighted by molar-refractivity contribution is -0.152. The minimum Gasteiger partial charge on any atom is -0.454 e. The van der Waals surface area contributed by atoms with Crippen molar-refractivity contribution < 1.29 is 28.6 Å². The first-order valence-corrected chi connectivity index (χ1v) is 9.46. The van der Waals surface area contributed by atoms with Gasteiger partial charge >= 0.3 is 5.97 Å². The molecular formula is C20H23N3O6. The fourth-order valence-corrected chi connectivity index (χ4v) is 3.48. The first-order valence-electron chi connectivity index (χ1n) is 9.46. The zero-order chi connectivity index (χ0) is 20.9. The molecule has 0 spiro atoms. The lowest BCUT2D eigenvalue weighted by atomic mass is 9.81. The number of fused-ring (bicyclic) bond motifs is 1. The molecule has 9 nitrogen and oxygen atoms in total. The summed E-state index contributed by atoms with van der Waals surface area (Å²) in [5.74, 6) is -0.645. The predicted molar refractivity (Wildman–Crippen MR) is 100 cm³/mol. The highest BCUT2D eigenvalue weighted by Gasteiger charge is 2.39. The summed E-state index contributed by atoms with van der Waals surface area (Å²) in [4.78, 5) is 37.8. The summed E-state index contributed by atoms with van der Waals surface area (Å²) in [6.07, 6.45) is 4.05. The van der Waals surface area contributed by atoms with E-state index in [1.807, 2.05) is 0 Å². The van der Waals surface area contributed by atoms with E-state index >= 15 is 0 Å². The third-order valence-electron chi connectivity index (χ3n) is 5.29. The third kappa shape index (κ3) is 4.59. The van der Waals surface area contributed by atoms with Crippen molar-refractivity contribution in [2.24, 2.45) is 0 Å². The maximum atomic E-state index is 12.4. The number of hydrogen-bond acceptors (Lipinski definition) is 7. The second-order valence-corrected chi connectivity index (χ2v) is 7.07. The number of nitriles is 1. The van der Waals surface area contributed by atoms with E-state index in [4.69, 9.17) is 14.2 Å². The number of ether oxygens (including phenoxy) is 3. The molecular weight excluding hydrogens is 378 g/mol. The molecule has 1 aromatic rings. The quantitative estimate of drug-likeness (QED) is 0.715. The van der Waals surface area contributed by atoms with Gasteiger partial charge < -0.3 is 24.4 Å². The first-order chi connectivity index (χ1) is 13.9. The Hall–Kier alpha value is -3.28. The number of carbonyl (C=O) groups excluding carboxylic acids is 3. The molecule has 1 aliphatic heterocycles. The van der Waals surface area contributed by atoms with Crippen molar-refractivity contribution in [3.8, 4) is 17.6 Å². The van der Waals surface area contributed by atoms with Crippen LogP contribution in [-0.4, -0.2) is 55.2 Å². The van der Waals surface area contributed by atoms with Crippen LogP contribution in [0.3, 0.4) is 0 Å². The van der Waals surface area contributed by atoms with Crippen molar-refractivity contribution >= 4 is 17.8 Å². The van der Waals surface area contributed by atoms with Crippen molar-refractivity contribution in [2.45, 2.75) is 37.6 Å². The van der Waals surface area contributed by atoms with Crippen LogP contribution in [0.2, 0.25) is 0 Å². The molecule has 2 amide bonds. The van der Waals surface area contributed by atoms with Crippen molar-refractivity contribution in [3.05, 3.63) is 23.8 Å². The summed E-state index contributed by atoms with van der Waals surface area (Å²) in [5, 5.41) is 12.0. The molecule has 1 N–H and O–H groups in total. The molecule has 0 atom stereocenters. The highest BCUT2D eigenvalue weighted by atomic mass is 16.7. The number of amides is 2. The Labute approximate surface area is 168 Å². The van der Waals surface area contributed by atoms with Gasteiger partial charge in [-0.25, -0.2) is 0 Å². The van der Waals surface area contributed by atoms with Crippen LogP contribution in [0, 0.1) is 11.3 Å². The van der Waals surface area contributed by atoms with Gasteiger partial charge in [0.2, 0.25) is 6.79 Å². The number of likely N-dealkylation sites (N-methyl/N-ethyl adjacent to an activating group) is 1. The smallest absolute Gasteiger partial charge is 0.325 e. The lowest BCUT2D eigenvalue weighted by Gasteiger charge is -2.38. The van der Waals surface area contributed by atoms with Crippen LogP contribution >= 0.6 is 0 Å². The van der Waals surface area contributed by atoms with Gasteiger partial charge in [0, 0.05) is 12.6 Å². The number of esters is 1. The number of nitrogens with zero attached hydrogens (tertiary/aromatic N) is 2. The second kappa shape index (κ2) is 8.82. The average Bonchev–Trinajstić information content (AvgIpc) is 3.23. The Balaban J connectivity index is 1.45. The molecule has 0 bridgehead atoms. The summed E-state index contributed by atoms with van der Waals surface area (Å²) < 4.78 is 15.4. The second-order valence-electron chi connectivity index (χ2n) is 7.07. The SMILES string of the molecule is CN(C(=O)COC(=O)CNC(=O)c1ccc2c(c1)OCO2)C1(C#N)CCCCC1. The Kier molecular flexibility index (Phi) is 6.22. The minimum atomic E-state index is -0.838. The molecule has 1 fully saturated rings. The standard InChI is InChI=1S/C20H23N3O6/c1-23(20(12-21)7-3-2-4-8-20)17(24)11-27-18(25)10-22-19(26)14-5-6-15-16(9-14)29-13-28-15/h5-6,9H,2-4,7-8,10-11,13H2,1H3,(H,22,26). The van der Waals surface area contributed by atoms with E-state index in [0.29, 0.717) is 29.9 Å². The summed E-state index contributed by atoms with van der Waals surface area (Å²) in [6.45, 7) is -0.755. The van der Waals surface area contributed by atoms with Crippen LogP contribution in [0.15, 0.2) is 18.2 Å². The van der Waals surface area contributed by atoms with E-state index in [1.165, 1.54) is 11.0 Å². The normalized spacial score (nSPS) is 16.4. The molecule has 0 radical (unpaired) electrons. The summed E-state index contributed by atoms with van der Waals surface area (Å²) >= 11 is 0. The van der Waals surface area contributed by atoms with Crippen LogP contribution in [0.4, 0.5) is 0 Å². The fourth-order valence-electron chi connectivity index (χ4n) is 3.48. The first kappa shape index (κ1) is 20.5. The monoisotopic (exact) mass is 401 g/mol. The molecule has 29 heavy (non-hydrogen) atoms. The number of carbonyl (C=O) groups is 3. The summed E-state index contributed by atoms with van der Waals surface area (Å²) in [5.41, 5.74) is -0.527.